The minimum Gasteiger partial charge on any atom is -0.504 e. The molecule has 3 aromatic rings. The SMILES string of the molecule is CC(C)CN(C(=O)Cc1ccc(Cl)c(Cl)c1)C1CC[C@@]2(O)[C@H]3Cc4ccc(O)c5c4[C@@]2(CCN3CCc2ccccc2)C1O5. The normalized spacial score (nSPS) is 28.5. The van der Waals surface area contributed by atoms with Crippen LogP contribution in [0.15, 0.2) is 60.7 Å². The van der Waals surface area contributed by atoms with E-state index in [1.54, 1.807) is 18.2 Å². The van der Waals surface area contributed by atoms with Gasteiger partial charge in [-0.2, -0.15) is 0 Å². The van der Waals surface area contributed by atoms with Crippen LogP contribution in [0.5, 0.6) is 11.5 Å². The number of hydrogen-bond acceptors (Lipinski definition) is 5. The molecule has 3 aromatic carbocycles. The number of carbonyl (C=O) groups excluding carboxylic acids is 1. The lowest BCUT2D eigenvalue weighted by atomic mass is 9.48. The van der Waals surface area contributed by atoms with Crippen LogP contribution in [-0.4, -0.2) is 69.3 Å². The minimum absolute atomic E-state index is 0.000543. The maximum atomic E-state index is 14.1. The molecule has 2 N–H and O–H groups in total. The highest BCUT2D eigenvalue weighted by Crippen LogP contribution is 2.65. The molecule has 232 valence electrons. The number of carbonyl (C=O) groups is 1. The Hall–Kier alpha value is -2.77. The Morgan fingerprint density at radius 1 is 1.07 bits per heavy atom. The summed E-state index contributed by atoms with van der Waals surface area (Å²) in [6.45, 7) is 6.49. The average Bonchev–Trinajstić information content (AvgIpc) is 3.35. The van der Waals surface area contributed by atoms with Crippen LogP contribution < -0.4 is 4.74 Å². The van der Waals surface area contributed by atoms with Gasteiger partial charge in [0.25, 0.3) is 0 Å². The first-order valence-corrected chi connectivity index (χ1v) is 16.6. The van der Waals surface area contributed by atoms with Crippen LogP contribution in [0.3, 0.4) is 0 Å². The third-order valence-corrected chi connectivity index (χ3v) is 11.4. The minimum atomic E-state index is -1.04. The monoisotopic (exact) mass is 634 g/mol. The van der Waals surface area contributed by atoms with E-state index in [0.717, 1.165) is 36.2 Å². The molecule has 2 bridgehead atoms. The fourth-order valence-corrected chi connectivity index (χ4v) is 9.17. The number of aromatic hydroxyl groups is 1. The number of aliphatic hydroxyl groups is 1. The van der Waals surface area contributed by atoms with Gasteiger partial charge >= 0.3 is 0 Å². The molecule has 8 heteroatoms. The molecule has 2 fully saturated rings. The molecule has 4 aliphatic rings. The Kier molecular flexibility index (Phi) is 7.64. The summed E-state index contributed by atoms with van der Waals surface area (Å²) in [5, 5.41) is 24.9. The molecule has 6 nitrogen and oxygen atoms in total. The van der Waals surface area contributed by atoms with Crippen molar-refractivity contribution in [2.75, 3.05) is 19.6 Å². The van der Waals surface area contributed by atoms with Crippen molar-refractivity contribution in [1.29, 1.82) is 0 Å². The standard InChI is InChI=1S/C36H40Cl2N2O4/c1-22(2)21-40(31(42)19-24-8-10-26(37)27(38)18-24)28-12-14-36(43)30-20-25-9-11-29(41)33-32(25)35(36,34(28)44-33)15-17-39(30)16-13-23-6-4-3-5-7-23/h3-11,18,22,28,30,34,41,43H,12-17,19-21H2,1-2H3/t28?,30-,34?,35+,36-/m1/s1. The van der Waals surface area contributed by atoms with E-state index in [1.165, 1.54) is 5.56 Å². The number of phenols is 1. The molecule has 2 unspecified atom stereocenters. The Labute approximate surface area is 269 Å². The molecule has 1 saturated heterocycles. The van der Waals surface area contributed by atoms with Crippen molar-refractivity contribution in [3.05, 3.63) is 93.0 Å². The fraction of sp³-hybridized carbons (Fsp3) is 0.472. The Morgan fingerprint density at radius 2 is 1.86 bits per heavy atom. The highest BCUT2D eigenvalue weighted by molar-refractivity contribution is 6.42. The van der Waals surface area contributed by atoms with Gasteiger partial charge in [0.2, 0.25) is 5.91 Å². The maximum absolute atomic E-state index is 14.1. The van der Waals surface area contributed by atoms with E-state index in [9.17, 15) is 15.0 Å². The number of likely N-dealkylation sites (tertiary alicyclic amines) is 1. The Morgan fingerprint density at radius 3 is 2.61 bits per heavy atom. The largest absolute Gasteiger partial charge is 0.504 e. The summed E-state index contributed by atoms with van der Waals surface area (Å²) < 4.78 is 6.79. The van der Waals surface area contributed by atoms with Crippen molar-refractivity contribution < 1.29 is 19.7 Å². The number of rotatable bonds is 8. The van der Waals surface area contributed by atoms with Gasteiger partial charge in [0, 0.05) is 24.7 Å². The summed E-state index contributed by atoms with van der Waals surface area (Å²) in [5.74, 6) is 0.838. The predicted molar refractivity (Wildman–Crippen MR) is 173 cm³/mol. The zero-order valence-electron chi connectivity index (χ0n) is 25.3. The molecule has 0 radical (unpaired) electrons. The van der Waals surface area contributed by atoms with E-state index in [2.05, 4.69) is 43.0 Å². The van der Waals surface area contributed by atoms with Crippen LogP contribution in [0.25, 0.3) is 0 Å². The second kappa shape index (κ2) is 11.2. The van der Waals surface area contributed by atoms with Crippen molar-refractivity contribution in [3.63, 3.8) is 0 Å². The Bertz CT molecular complexity index is 1580. The van der Waals surface area contributed by atoms with Crippen molar-refractivity contribution in [2.45, 2.75) is 81.6 Å². The average molecular weight is 636 g/mol. The van der Waals surface area contributed by atoms with Gasteiger partial charge in [-0.25, -0.2) is 0 Å². The van der Waals surface area contributed by atoms with E-state index < -0.39 is 17.1 Å². The summed E-state index contributed by atoms with van der Waals surface area (Å²) in [7, 11) is 0. The van der Waals surface area contributed by atoms with Gasteiger partial charge in [0.05, 0.1) is 33.5 Å². The number of benzene rings is 3. The summed E-state index contributed by atoms with van der Waals surface area (Å²) in [6.07, 6.45) is 3.26. The first kappa shape index (κ1) is 29.9. The molecule has 44 heavy (non-hydrogen) atoms. The van der Waals surface area contributed by atoms with Gasteiger partial charge in [0.1, 0.15) is 6.10 Å². The molecule has 2 heterocycles. The quantitative estimate of drug-likeness (QED) is 0.309. The first-order valence-electron chi connectivity index (χ1n) is 15.9. The third-order valence-electron chi connectivity index (χ3n) is 10.7. The molecule has 0 aromatic heterocycles. The summed E-state index contributed by atoms with van der Waals surface area (Å²) in [4.78, 5) is 18.6. The highest BCUT2D eigenvalue weighted by Gasteiger charge is 2.73. The zero-order valence-corrected chi connectivity index (χ0v) is 26.8. The van der Waals surface area contributed by atoms with Crippen molar-refractivity contribution in [1.82, 2.24) is 9.80 Å². The van der Waals surface area contributed by atoms with Gasteiger partial charge < -0.3 is 19.8 Å². The van der Waals surface area contributed by atoms with Gasteiger partial charge in [0.15, 0.2) is 11.5 Å². The molecule has 7 rings (SSSR count). The topological polar surface area (TPSA) is 73.2 Å². The van der Waals surface area contributed by atoms with E-state index in [4.69, 9.17) is 27.9 Å². The van der Waals surface area contributed by atoms with E-state index in [0.29, 0.717) is 48.0 Å². The van der Waals surface area contributed by atoms with Crippen LogP contribution in [-0.2, 0) is 29.5 Å². The molecule has 2 aliphatic carbocycles. The highest BCUT2D eigenvalue weighted by atomic mass is 35.5. The maximum Gasteiger partial charge on any atom is 0.227 e. The van der Waals surface area contributed by atoms with Crippen molar-refractivity contribution >= 4 is 29.1 Å². The molecule has 5 atom stereocenters. The number of hydrogen-bond donors (Lipinski definition) is 2. The molecule has 2 aliphatic heterocycles. The molecule has 1 spiro atoms. The van der Waals surface area contributed by atoms with Gasteiger partial charge in [-0.1, -0.05) is 79.5 Å². The van der Waals surface area contributed by atoms with Crippen LogP contribution in [0.2, 0.25) is 10.0 Å². The van der Waals surface area contributed by atoms with Crippen molar-refractivity contribution in [3.8, 4) is 11.5 Å². The Balaban J connectivity index is 1.25. The lowest BCUT2D eigenvalue weighted by molar-refractivity contribution is -0.201. The van der Waals surface area contributed by atoms with Crippen LogP contribution in [0.4, 0.5) is 0 Å². The van der Waals surface area contributed by atoms with Gasteiger partial charge in [-0.05, 0) is 79.5 Å². The second-order valence-corrected chi connectivity index (χ2v) is 14.4. The smallest absolute Gasteiger partial charge is 0.227 e. The van der Waals surface area contributed by atoms with E-state index in [-0.39, 0.29) is 36.1 Å². The van der Waals surface area contributed by atoms with Crippen LogP contribution in [0.1, 0.15) is 55.4 Å². The predicted octanol–water partition coefficient (Wildman–Crippen LogP) is 6.19. The number of piperidine rings is 1. The van der Waals surface area contributed by atoms with E-state index >= 15 is 0 Å². The van der Waals surface area contributed by atoms with Crippen LogP contribution in [0, 0.1) is 5.92 Å². The number of amides is 1. The number of nitrogens with zero attached hydrogens (tertiary/aromatic N) is 2. The van der Waals surface area contributed by atoms with Crippen molar-refractivity contribution in [2.24, 2.45) is 5.92 Å². The third kappa shape index (κ3) is 4.63. The first-order chi connectivity index (χ1) is 21.1. The van der Waals surface area contributed by atoms with E-state index in [1.807, 2.05) is 23.1 Å². The molecular weight excluding hydrogens is 595 g/mol. The molecule has 1 saturated carbocycles. The number of ether oxygens (including phenoxy) is 1. The number of phenolic OH excluding ortho intramolecular Hbond substituents is 1. The molecule has 1 amide bonds. The zero-order chi connectivity index (χ0) is 30.8. The number of halogens is 2. The summed E-state index contributed by atoms with van der Waals surface area (Å²) in [6, 6.07) is 19.3. The van der Waals surface area contributed by atoms with Crippen LogP contribution >= 0.6 is 23.2 Å². The molecular formula is C36H40Cl2N2O4. The van der Waals surface area contributed by atoms with Gasteiger partial charge in [-0.15, -0.1) is 0 Å². The van der Waals surface area contributed by atoms with Gasteiger partial charge in [-0.3, -0.25) is 9.69 Å². The summed E-state index contributed by atoms with van der Waals surface area (Å²) in [5.41, 5.74) is 2.46. The summed E-state index contributed by atoms with van der Waals surface area (Å²) >= 11 is 12.4. The second-order valence-electron chi connectivity index (χ2n) is 13.6. The fourth-order valence-electron chi connectivity index (χ4n) is 8.85. The lowest BCUT2D eigenvalue weighted by Gasteiger charge is -2.65. The lowest BCUT2D eigenvalue weighted by Crippen LogP contribution is -2.78.